The van der Waals surface area contributed by atoms with E-state index in [2.05, 4.69) is 9.72 Å². The lowest BCUT2D eigenvalue weighted by molar-refractivity contribution is -0.276. The number of hydrogen-bond donors (Lipinski definition) is 1. The first kappa shape index (κ1) is 13.1. The number of nitrogens with zero attached hydrogens (tertiary/aromatic N) is 1. The number of carbonyl (C=O) groups excluding carboxylic acids is 1. The highest BCUT2D eigenvalue weighted by molar-refractivity contribution is 5.85. The number of rotatable bonds is 3. The number of aromatic nitrogens is 1. The van der Waals surface area contributed by atoms with Gasteiger partial charge in [-0.05, 0) is 0 Å². The minimum absolute atomic E-state index is 0.0127. The number of nitrogens with two attached hydrogens (primary N) is 1. The van der Waals surface area contributed by atoms with Crippen LogP contribution < -0.4 is 10.5 Å². The van der Waals surface area contributed by atoms with Crippen LogP contribution in [0.5, 0.6) is 5.88 Å². The van der Waals surface area contributed by atoms with Crippen LogP contribution in [0.4, 0.5) is 27.6 Å². The zero-order chi connectivity index (χ0) is 13.2. The summed E-state index contributed by atoms with van der Waals surface area (Å²) in [6, 6.07) is 0.545. The molecule has 0 aliphatic rings. The molecule has 2 N–H and O–H groups in total. The summed E-state index contributed by atoms with van der Waals surface area (Å²) in [5, 5.41) is 0. The summed E-state index contributed by atoms with van der Waals surface area (Å²) < 4.78 is 63.6. The number of aldehydes is 1. The molecule has 0 amide bonds. The first-order valence-corrected chi connectivity index (χ1v) is 4.04. The molecule has 0 unspecified atom stereocenters. The summed E-state index contributed by atoms with van der Waals surface area (Å²) in [4.78, 5) is 13.3. The highest BCUT2D eigenvalue weighted by Crippen LogP contribution is 2.29. The molecule has 0 radical (unpaired) electrons. The molecule has 17 heavy (non-hydrogen) atoms. The number of halogens is 5. The molecule has 0 aromatic carbocycles. The van der Waals surface area contributed by atoms with E-state index in [1.165, 1.54) is 0 Å². The number of carbonyl (C=O) groups is 1. The molecule has 0 saturated heterocycles. The van der Waals surface area contributed by atoms with Crippen LogP contribution in [0.25, 0.3) is 0 Å². The molecular formula is C8H5F5N2O2. The Balaban J connectivity index is 3.24. The Morgan fingerprint density at radius 3 is 2.41 bits per heavy atom. The Labute approximate surface area is 91.2 Å². The van der Waals surface area contributed by atoms with Crippen LogP contribution in [-0.2, 0) is 0 Å². The Hall–Kier alpha value is -1.93. The van der Waals surface area contributed by atoms with Crippen LogP contribution in [0.2, 0.25) is 0 Å². The van der Waals surface area contributed by atoms with Crippen molar-refractivity contribution in [3.8, 4) is 5.88 Å². The molecule has 1 rings (SSSR count). The Kier molecular flexibility index (Phi) is 3.49. The van der Waals surface area contributed by atoms with Gasteiger partial charge in [0.2, 0.25) is 5.88 Å². The molecule has 1 heterocycles. The van der Waals surface area contributed by atoms with Gasteiger partial charge in [0.1, 0.15) is 5.69 Å². The van der Waals surface area contributed by atoms with Crippen molar-refractivity contribution in [2.75, 3.05) is 5.73 Å². The zero-order valence-corrected chi connectivity index (χ0v) is 7.96. The standard InChI is InChI=1S/C8H5F5N2O2/c9-7(10)6-3(2-16)4(14)1-5(15-6)17-8(11,12)13/h1-2,7H,(H2,14,15). The third-order valence-electron chi connectivity index (χ3n) is 1.64. The molecule has 0 aliphatic carbocycles. The molecule has 0 bridgehead atoms. The Bertz CT molecular complexity index is 433. The molecule has 1 aromatic heterocycles. The summed E-state index contributed by atoms with van der Waals surface area (Å²) in [6.07, 6.45) is -8.34. The fourth-order valence-corrected chi connectivity index (χ4v) is 1.04. The average molecular weight is 256 g/mol. The molecule has 94 valence electrons. The summed E-state index contributed by atoms with van der Waals surface area (Å²) >= 11 is 0. The molecular weight excluding hydrogens is 251 g/mol. The van der Waals surface area contributed by atoms with Crippen molar-refractivity contribution in [2.45, 2.75) is 12.8 Å². The normalized spacial score (nSPS) is 11.6. The lowest BCUT2D eigenvalue weighted by Gasteiger charge is -2.11. The van der Waals surface area contributed by atoms with Crippen molar-refractivity contribution in [1.29, 1.82) is 0 Å². The quantitative estimate of drug-likeness (QED) is 0.665. The van der Waals surface area contributed by atoms with E-state index in [9.17, 15) is 26.7 Å². The third-order valence-corrected chi connectivity index (χ3v) is 1.64. The number of anilines is 1. The van der Waals surface area contributed by atoms with Gasteiger partial charge in [-0.1, -0.05) is 0 Å². The van der Waals surface area contributed by atoms with Gasteiger partial charge in [-0.15, -0.1) is 13.2 Å². The van der Waals surface area contributed by atoms with Gasteiger partial charge in [-0.3, -0.25) is 4.79 Å². The van der Waals surface area contributed by atoms with Gasteiger partial charge in [0, 0.05) is 11.8 Å². The molecule has 0 atom stereocenters. The minimum Gasteiger partial charge on any atom is -0.398 e. The Morgan fingerprint density at radius 1 is 1.41 bits per heavy atom. The number of pyridine rings is 1. The van der Waals surface area contributed by atoms with Gasteiger partial charge < -0.3 is 10.5 Å². The van der Waals surface area contributed by atoms with Crippen LogP contribution >= 0.6 is 0 Å². The monoisotopic (exact) mass is 256 g/mol. The highest BCUT2D eigenvalue weighted by Gasteiger charge is 2.33. The summed E-state index contributed by atoms with van der Waals surface area (Å²) in [7, 11) is 0. The maximum absolute atomic E-state index is 12.4. The van der Waals surface area contributed by atoms with Crippen LogP contribution in [0.1, 0.15) is 22.5 Å². The predicted molar refractivity (Wildman–Crippen MR) is 45.7 cm³/mol. The van der Waals surface area contributed by atoms with Crippen molar-refractivity contribution in [3.05, 3.63) is 17.3 Å². The fraction of sp³-hybridized carbons (Fsp3) is 0.250. The highest BCUT2D eigenvalue weighted by atomic mass is 19.4. The lowest BCUT2D eigenvalue weighted by Crippen LogP contribution is -2.19. The maximum Gasteiger partial charge on any atom is 0.574 e. The molecule has 1 aromatic rings. The number of hydrogen-bond acceptors (Lipinski definition) is 4. The predicted octanol–water partition coefficient (Wildman–Crippen LogP) is 2.31. The van der Waals surface area contributed by atoms with Crippen LogP contribution in [0.15, 0.2) is 6.07 Å². The van der Waals surface area contributed by atoms with Crippen molar-refractivity contribution in [3.63, 3.8) is 0 Å². The second-order valence-corrected chi connectivity index (χ2v) is 2.81. The van der Waals surface area contributed by atoms with E-state index >= 15 is 0 Å². The number of nitrogen functional groups attached to an aromatic ring is 1. The molecule has 0 saturated carbocycles. The lowest BCUT2D eigenvalue weighted by atomic mass is 10.2. The second-order valence-electron chi connectivity index (χ2n) is 2.81. The van der Waals surface area contributed by atoms with E-state index in [0.717, 1.165) is 0 Å². The van der Waals surface area contributed by atoms with Crippen LogP contribution in [0, 0.1) is 0 Å². The molecule has 0 aliphatic heterocycles. The van der Waals surface area contributed by atoms with E-state index in [1.54, 1.807) is 0 Å². The second kappa shape index (κ2) is 4.52. The topological polar surface area (TPSA) is 65.2 Å². The van der Waals surface area contributed by atoms with Crippen LogP contribution in [0.3, 0.4) is 0 Å². The van der Waals surface area contributed by atoms with Gasteiger partial charge in [0.05, 0.1) is 5.56 Å². The molecule has 9 heteroatoms. The van der Waals surface area contributed by atoms with Gasteiger partial charge in [0.15, 0.2) is 6.29 Å². The smallest absolute Gasteiger partial charge is 0.398 e. The third kappa shape index (κ3) is 3.26. The van der Waals surface area contributed by atoms with Gasteiger partial charge in [-0.2, -0.15) is 0 Å². The maximum atomic E-state index is 12.4. The van der Waals surface area contributed by atoms with Crippen molar-refractivity contribution in [1.82, 2.24) is 4.98 Å². The fourth-order valence-electron chi connectivity index (χ4n) is 1.04. The first-order chi connectivity index (χ1) is 7.74. The summed E-state index contributed by atoms with van der Waals surface area (Å²) in [5.41, 5.74) is 2.76. The van der Waals surface area contributed by atoms with E-state index in [-0.39, 0.29) is 6.29 Å². The number of ether oxygens (including phenoxy) is 1. The molecule has 0 fully saturated rings. The van der Waals surface area contributed by atoms with Gasteiger partial charge in [-0.25, -0.2) is 13.8 Å². The Morgan fingerprint density at radius 2 is 2.00 bits per heavy atom. The summed E-state index contributed by atoms with van der Waals surface area (Å²) in [6.45, 7) is 0. The van der Waals surface area contributed by atoms with Crippen molar-refractivity contribution < 1.29 is 31.5 Å². The number of alkyl halides is 5. The minimum atomic E-state index is -5.08. The zero-order valence-electron chi connectivity index (χ0n) is 7.96. The molecule has 4 nitrogen and oxygen atoms in total. The van der Waals surface area contributed by atoms with E-state index in [1.807, 2.05) is 0 Å². The van der Waals surface area contributed by atoms with E-state index in [0.29, 0.717) is 6.07 Å². The first-order valence-electron chi connectivity index (χ1n) is 4.04. The molecule has 0 spiro atoms. The summed E-state index contributed by atoms with van der Waals surface area (Å²) in [5.74, 6) is -1.14. The van der Waals surface area contributed by atoms with Crippen LogP contribution in [-0.4, -0.2) is 17.6 Å². The van der Waals surface area contributed by atoms with E-state index < -0.39 is 35.6 Å². The SMILES string of the molecule is Nc1cc(OC(F)(F)F)nc(C(F)F)c1C=O. The average Bonchev–Trinajstić information content (AvgIpc) is 2.13. The van der Waals surface area contributed by atoms with Gasteiger partial charge >= 0.3 is 6.36 Å². The largest absolute Gasteiger partial charge is 0.574 e. The van der Waals surface area contributed by atoms with Gasteiger partial charge in [0.25, 0.3) is 6.43 Å². The van der Waals surface area contributed by atoms with E-state index in [4.69, 9.17) is 5.73 Å². The van der Waals surface area contributed by atoms with Crippen molar-refractivity contribution in [2.24, 2.45) is 0 Å². The van der Waals surface area contributed by atoms with Crippen molar-refractivity contribution >= 4 is 12.0 Å².